The fourth-order valence-electron chi connectivity index (χ4n) is 1.70. The van der Waals surface area contributed by atoms with Crippen molar-refractivity contribution in [1.82, 2.24) is 15.5 Å². The summed E-state index contributed by atoms with van der Waals surface area (Å²) in [6, 6.07) is 7.48. The van der Waals surface area contributed by atoms with E-state index in [9.17, 15) is 4.79 Å². The Hall–Kier alpha value is -2.06. The van der Waals surface area contributed by atoms with E-state index in [1.165, 1.54) is 11.8 Å². The number of nitrogens with one attached hydrogen (secondary N) is 1. The van der Waals surface area contributed by atoms with Gasteiger partial charge in [0.15, 0.2) is 0 Å². The van der Waals surface area contributed by atoms with Gasteiger partial charge in [-0.15, -0.1) is 23.1 Å². The van der Waals surface area contributed by atoms with Gasteiger partial charge in [0.1, 0.15) is 5.76 Å². The number of hydrogen-bond donors (Lipinski definition) is 1. The first-order valence-electron chi connectivity index (χ1n) is 6.54. The van der Waals surface area contributed by atoms with Crippen molar-refractivity contribution in [1.29, 1.82) is 0 Å². The molecule has 0 aliphatic rings. The van der Waals surface area contributed by atoms with Gasteiger partial charge in [0.05, 0.1) is 29.2 Å². The second-order valence-electron chi connectivity index (χ2n) is 4.34. The van der Waals surface area contributed by atoms with Crippen molar-refractivity contribution in [2.24, 2.45) is 0 Å². The first-order valence-corrected chi connectivity index (χ1v) is 8.58. The zero-order chi connectivity index (χ0) is 15.2. The van der Waals surface area contributed by atoms with Crippen molar-refractivity contribution in [3.8, 4) is 10.7 Å². The molecule has 0 radical (unpaired) electrons. The van der Waals surface area contributed by atoms with E-state index in [0.29, 0.717) is 29.8 Å². The molecule has 22 heavy (non-hydrogen) atoms. The van der Waals surface area contributed by atoms with Crippen molar-refractivity contribution < 1.29 is 13.7 Å². The van der Waals surface area contributed by atoms with E-state index in [1.807, 2.05) is 23.6 Å². The lowest BCUT2D eigenvalue weighted by Crippen LogP contribution is -2.24. The van der Waals surface area contributed by atoms with E-state index in [0.717, 1.165) is 10.6 Å². The minimum absolute atomic E-state index is 0.0561. The van der Waals surface area contributed by atoms with Crippen LogP contribution in [0.1, 0.15) is 11.7 Å². The van der Waals surface area contributed by atoms with Gasteiger partial charge < -0.3 is 14.3 Å². The van der Waals surface area contributed by atoms with Crippen LogP contribution >= 0.6 is 23.1 Å². The predicted molar refractivity (Wildman–Crippen MR) is 84.3 cm³/mol. The third-order valence-corrected chi connectivity index (χ3v) is 4.49. The number of furan rings is 1. The van der Waals surface area contributed by atoms with Crippen molar-refractivity contribution in [3.63, 3.8) is 0 Å². The summed E-state index contributed by atoms with van der Waals surface area (Å²) < 4.78 is 10.3. The average molecular weight is 335 g/mol. The van der Waals surface area contributed by atoms with Crippen LogP contribution in [0.2, 0.25) is 0 Å². The fourth-order valence-corrected chi connectivity index (χ4v) is 3.03. The average Bonchev–Trinajstić information content (AvgIpc) is 3.26. The Balaban J connectivity index is 1.40. The number of nitrogens with zero attached hydrogens (tertiary/aromatic N) is 2. The highest BCUT2D eigenvalue weighted by Crippen LogP contribution is 2.22. The van der Waals surface area contributed by atoms with Gasteiger partial charge in [0.25, 0.3) is 0 Å². The van der Waals surface area contributed by atoms with Gasteiger partial charge in [-0.2, -0.15) is 4.98 Å². The van der Waals surface area contributed by atoms with Gasteiger partial charge in [0.2, 0.25) is 17.6 Å². The fraction of sp³-hybridized carbons (Fsp3) is 0.214. The molecule has 0 saturated carbocycles. The molecule has 0 spiro atoms. The number of hydrogen-bond acceptors (Lipinski definition) is 7. The third-order valence-electron chi connectivity index (χ3n) is 2.71. The number of amides is 1. The molecule has 1 N–H and O–H groups in total. The summed E-state index contributed by atoms with van der Waals surface area (Å²) in [6.07, 6.45) is 1.58. The van der Waals surface area contributed by atoms with Crippen LogP contribution in [-0.4, -0.2) is 21.8 Å². The van der Waals surface area contributed by atoms with Gasteiger partial charge in [-0.05, 0) is 23.6 Å². The summed E-state index contributed by atoms with van der Waals surface area (Å²) in [5.41, 5.74) is 0. The molecule has 8 heteroatoms. The quantitative estimate of drug-likeness (QED) is 0.715. The third kappa shape index (κ3) is 3.99. The van der Waals surface area contributed by atoms with E-state index in [2.05, 4.69) is 15.5 Å². The van der Waals surface area contributed by atoms with Crippen LogP contribution in [0.5, 0.6) is 0 Å². The molecule has 114 valence electrons. The SMILES string of the molecule is O=C(CSCc1nc(-c2cccs2)no1)NCc1ccco1. The topological polar surface area (TPSA) is 81.2 Å². The lowest BCUT2D eigenvalue weighted by atomic mass is 10.4. The molecule has 0 aliphatic heterocycles. The first-order chi connectivity index (χ1) is 10.8. The summed E-state index contributed by atoms with van der Waals surface area (Å²) in [4.78, 5) is 17.0. The van der Waals surface area contributed by atoms with Crippen LogP contribution in [0.15, 0.2) is 44.8 Å². The van der Waals surface area contributed by atoms with Gasteiger partial charge in [-0.25, -0.2) is 0 Å². The summed E-state index contributed by atoms with van der Waals surface area (Å²) in [7, 11) is 0. The molecule has 0 saturated heterocycles. The molecular formula is C14H13N3O3S2. The highest BCUT2D eigenvalue weighted by Gasteiger charge is 2.10. The Morgan fingerprint density at radius 1 is 1.36 bits per heavy atom. The van der Waals surface area contributed by atoms with E-state index in [1.54, 1.807) is 23.7 Å². The lowest BCUT2D eigenvalue weighted by Gasteiger charge is -2.01. The van der Waals surface area contributed by atoms with E-state index >= 15 is 0 Å². The minimum atomic E-state index is -0.0561. The van der Waals surface area contributed by atoms with Gasteiger partial charge in [-0.1, -0.05) is 11.2 Å². The highest BCUT2D eigenvalue weighted by molar-refractivity contribution is 7.99. The smallest absolute Gasteiger partial charge is 0.236 e. The van der Waals surface area contributed by atoms with Crippen LogP contribution in [-0.2, 0) is 17.1 Å². The van der Waals surface area contributed by atoms with Crippen LogP contribution < -0.4 is 5.32 Å². The molecule has 0 fully saturated rings. The molecule has 0 bridgehead atoms. The Kier molecular flexibility index (Phi) is 4.92. The van der Waals surface area contributed by atoms with E-state index in [-0.39, 0.29) is 5.91 Å². The van der Waals surface area contributed by atoms with Crippen molar-refractivity contribution in [3.05, 3.63) is 47.6 Å². The summed E-state index contributed by atoms with van der Waals surface area (Å²) in [6.45, 7) is 0.398. The van der Waals surface area contributed by atoms with Crippen molar-refractivity contribution in [2.75, 3.05) is 5.75 Å². The van der Waals surface area contributed by atoms with E-state index in [4.69, 9.17) is 8.94 Å². The summed E-state index contributed by atoms with van der Waals surface area (Å²) in [5.74, 6) is 2.62. The number of rotatable bonds is 7. The molecular weight excluding hydrogens is 322 g/mol. The summed E-state index contributed by atoms with van der Waals surface area (Å²) >= 11 is 2.99. The van der Waals surface area contributed by atoms with Crippen LogP contribution in [0.25, 0.3) is 10.7 Å². The first kappa shape index (κ1) is 14.9. The maximum Gasteiger partial charge on any atom is 0.236 e. The van der Waals surface area contributed by atoms with Gasteiger partial charge >= 0.3 is 0 Å². The highest BCUT2D eigenvalue weighted by atomic mass is 32.2. The van der Waals surface area contributed by atoms with Crippen molar-refractivity contribution in [2.45, 2.75) is 12.3 Å². The Bertz CT molecular complexity index is 708. The maximum atomic E-state index is 11.7. The number of carbonyl (C=O) groups is 1. The lowest BCUT2D eigenvalue weighted by molar-refractivity contribution is -0.118. The summed E-state index contributed by atoms with van der Waals surface area (Å²) in [5, 5.41) is 8.67. The van der Waals surface area contributed by atoms with Crippen LogP contribution in [0.3, 0.4) is 0 Å². The number of thioether (sulfide) groups is 1. The Morgan fingerprint density at radius 3 is 3.09 bits per heavy atom. The number of carbonyl (C=O) groups excluding carboxylic acids is 1. The van der Waals surface area contributed by atoms with Gasteiger partial charge in [-0.3, -0.25) is 4.79 Å². The van der Waals surface area contributed by atoms with Crippen molar-refractivity contribution >= 4 is 29.0 Å². The molecule has 1 amide bonds. The predicted octanol–water partition coefficient (Wildman–Crippen LogP) is 2.94. The largest absolute Gasteiger partial charge is 0.467 e. The zero-order valence-electron chi connectivity index (χ0n) is 11.5. The van der Waals surface area contributed by atoms with Gasteiger partial charge in [0, 0.05) is 0 Å². The molecule has 3 heterocycles. The Morgan fingerprint density at radius 2 is 2.32 bits per heavy atom. The second kappa shape index (κ2) is 7.28. The van der Waals surface area contributed by atoms with Crippen LogP contribution in [0, 0.1) is 0 Å². The van der Waals surface area contributed by atoms with E-state index < -0.39 is 0 Å². The molecule has 3 rings (SSSR count). The molecule has 3 aromatic rings. The zero-order valence-corrected chi connectivity index (χ0v) is 13.2. The Labute approximate surface area is 134 Å². The molecule has 0 aromatic carbocycles. The standard InChI is InChI=1S/C14H13N3O3S2/c18-12(15-7-10-3-1-5-19-10)8-21-9-13-16-14(17-20-13)11-4-2-6-22-11/h1-6H,7-9H2,(H,15,18). The molecule has 6 nitrogen and oxygen atoms in total. The minimum Gasteiger partial charge on any atom is -0.467 e. The second-order valence-corrected chi connectivity index (χ2v) is 6.27. The number of thiophene rings is 1. The monoisotopic (exact) mass is 335 g/mol. The normalized spacial score (nSPS) is 10.7. The molecule has 0 unspecified atom stereocenters. The molecule has 3 aromatic heterocycles. The van der Waals surface area contributed by atoms with Crippen LogP contribution in [0.4, 0.5) is 0 Å². The molecule has 0 atom stereocenters. The maximum absolute atomic E-state index is 11.7. The molecule has 0 aliphatic carbocycles. The number of aromatic nitrogens is 2.